The molecule has 0 saturated carbocycles. The number of thioether (sulfide) groups is 1. The van der Waals surface area contributed by atoms with E-state index in [0.717, 1.165) is 16.0 Å². The Hall–Kier alpha value is -5.85. The zero-order chi connectivity index (χ0) is 37.9. The number of hydrogen-bond acceptors (Lipinski definition) is 9. The number of hydrogen-bond donors (Lipinski definition) is 3. The van der Waals surface area contributed by atoms with Crippen LogP contribution in [-0.2, 0) is 14.3 Å². The van der Waals surface area contributed by atoms with Crippen LogP contribution in [0.15, 0.2) is 113 Å². The number of carbonyl (C=O) groups excluding carboxylic acids is 4. The van der Waals surface area contributed by atoms with Crippen molar-refractivity contribution in [1.29, 1.82) is 0 Å². The van der Waals surface area contributed by atoms with Gasteiger partial charge in [-0.25, -0.2) is 4.79 Å². The summed E-state index contributed by atoms with van der Waals surface area (Å²) >= 11 is 2.59. The summed E-state index contributed by atoms with van der Waals surface area (Å²) in [5.74, 6) is -0.862. The van der Waals surface area contributed by atoms with E-state index < -0.39 is 23.0 Å². The smallest absolute Gasteiger partial charge is 0.341 e. The first-order chi connectivity index (χ1) is 25.6. The second-order valence-electron chi connectivity index (χ2n) is 11.7. The Kier molecular flexibility index (Phi) is 13.1. The maximum Gasteiger partial charge on any atom is 0.341 e. The fourth-order valence-electron chi connectivity index (χ4n) is 5.28. The van der Waals surface area contributed by atoms with Crippen LogP contribution in [0.4, 0.5) is 10.7 Å². The molecule has 272 valence electrons. The molecular formula is C41H39N3O7S2. The largest absolute Gasteiger partial charge is 0.493 e. The van der Waals surface area contributed by atoms with Gasteiger partial charge in [0.15, 0.2) is 11.5 Å². The fourth-order valence-corrected chi connectivity index (χ4v) is 7.25. The van der Waals surface area contributed by atoms with Crippen LogP contribution in [0.3, 0.4) is 0 Å². The van der Waals surface area contributed by atoms with Gasteiger partial charge < -0.3 is 30.2 Å². The molecule has 3 amide bonds. The predicted molar refractivity (Wildman–Crippen MR) is 211 cm³/mol. The van der Waals surface area contributed by atoms with E-state index in [9.17, 15) is 19.2 Å². The Morgan fingerprint density at radius 3 is 2.25 bits per heavy atom. The summed E-state index contributed by atoms with van der Waals surface area (Å²) < 4.78 is 15.8. The van der Waals surface area contributed by atoms with E-state index >= 15 is 0 Å². The first-order valence-electron chi connectivity index (χ1n) is 16.6. The lowest BCUT2D eigenvalue weighted by molar-refractivity contribution is -0.116. The van der Waals surface area contributed by atoms with Crippen LogP contribution in [0.25, 0.3) is 17.2 Å². The molecule has 5 aromatic rings. The molecule has 5 rings (SSSR count). The highest BCUT2D eigenvalue weighted by atomic mass is 32.2. The summed E-state index contributed by atoms with van der Waals surface area (Å²) in [5, 5.41) is 10.3. The van der Waals surface area contributed by atoms with Crippen LogP contribution in [0.5, 0.6) is 11.5 Å². The Bertz CT molecular complexity index is 2130. The highest BCUT2D eigenvalue weighted by Crippen LogP contribution is 2.37. The van der Waals surface area contributed by atoms with E-state index in [2.05, 4.69) is 16.0 Å². The summed E-state index contributed by atoms with van der Waals surface area (Å²) in [6.07, 6.45) is 2.03. The molecule has 0 spiro atoms. The summed E-state index contributed by atoms with van der Waals surface area (Å²) in [5.41, 5.74) is 4.34. The van der Waals surface area contributed by atoms with Gasteiger partial charge in [0.25, 0.3) is 11.8 Å². The Morgan fingerprint density at radius 1 is 0.830 bits per heavy atom. The number of carbonyl (C=O) groups is 4. The highest BCUT2D eigenvalue weighted by Gasteiger charge is 2.26. The zero-order valence-corrected chi connectivity index (χ0v) is 31.5. The number of aryl methyl sites for hydroxylation is 1. The van der Waals surface area contributed by atoms with E-state index in [1.54, 1.807) is 72.8 Å². The first kappa shape index (κ1) is 38.4. The SMILES string of the molecule is CCC(Sc1cccc(NC(=O)/C(=C\c2ccc(OC)c(OC)c2)NC(=O)c2ccccc2)c1)C(=O)Nc1scc(-c2ccc(C)cc2)c1C(=O)OC. The lowest BCUT2D eigenvalue weighted by atomic mass is 10.0. The third kappa shape index (κ3) is 9.73. The van der Waals surface area contributed by atoms with Crippen LogP contribution >= 0.6 is 23.1 Å². The van der Waals surface area contributed by atoms with Gasteiger partial charge in [-0.1, -0.05) is 67.1 Å². The topological polar surface area (TPSA) is 132 Å². The molecule has 4 aromatic carbocycles. The maximum absolute atomic E-state index is 13.7. The molecule has 0 radical (unpaired) electrons. The van der Waals surface area contributed by atoms with Gasteiger partial charge in [-0.05, 0) is 73.0 Å². The van der Waals surface area contributed by atoms with Crippen LogP contribution in [0.2, 0.25) is 0 Å². The number of ether oxygens (including phenoxy) is 3. The fraction of sp³-hybridized carbons (Fsp3) is 0.171. The molecule has 3 N–H and O–H groups in total. The Morgan fingerprint density at radius 2 is 1.57 bits per heavy atom. The molecule has 0 aliphatic heterocycles. The van der Waals surface area contributed by atoms with Crippen LogP contribution in [-0.4, -0.2) is 50.3 Å². The highest BCUT2D eigenvalue weighted by molar-refractivity contribution is 8.00. The molecule has 0 saturated heterocycles. The van der Waals surface area contributed by atoms with Crippen molar-refractivity contribution in [3.63, 3.8) is 0 Å². The van der Waals surface area contributed by atoms with Gasteiger partial charge in [0, 0.05) is 27.1 Å². The van der Waals surface area contributed by atoms with Gasteiger partial charge in [-0.2, -0.15) is 0 Å². The van der Waals surface area contributed by atoms with Gasteiger partial charge in [0.05, 0.1) is 26.6 Å². The second-order valence-corrected chi connectivity index (χ2v) is 13.8. The zero-order valence-electron chi connectivity index (χ0n) is 29.9. The third-order valence-corrected chi connectivity index (χ3v) is 10.3. The van der Waals surface area contributed by atoms with Gasteiger partial charge in [0.1, 0.15) is 16.3 Å². The van der Waals surface area contributed by atoms with E-state index in [1.165, 1.54) is 44.4 Å². The minimum Gasteiger partial charge on any atom is -0.493 e. The van der Waals surface area contributed by atoms with E-state index in [1.807, 2.05) is 49.6 Å². The van der Waals surface area contributed by atoms with E-state index in [0.29, 0.717) is 50.9 Å². The standard InChI is InChI=1S/C41H39N3O7S2/c1-6-35(39(47)44-40-36(41(48)51-5)31(24-52-40)27-18-15-25(2)16-19-27)53-30-14-10-13-29(23-30)42-38(46)32(43-37(45)28-11-8-7-9-12-28)21-26-17-20-33(49-3)34(22-26)50-4/h7-24,35H,6H2,1-5H3,(H,42,46)(H,43,45)(H,44,47)/b32-21+. The van der Waals surface area contributed by atoms with Crippen molar-refractivity contribution in [1.82, 2.24) is 5.32 Å². The van der Waals surface area contributed by atoms with Gasteiger partial charge in [-0.15, -0.1) is 23.1 Å². The molecule has 0 fully saturated rings. The molecule has 0 bridgehead atoms. The lowest BCUT2D eigenvalue weighted by Crippen LogP contribution is -2.30. The van der Waals surface area contributed by atoms with Crippen LogP contribution in [0, 0.1) is 6.92 Å². The molecular weight excluding hydrogens is 711 g/mol. The predicted octanol–water partition coefficient (Wildman–Crippen LogP) is 8.45. The number of thiophene rings is 1. The molecule has 1 unspecified atom stereocenters. The maximum atomic E-state index is 13.7. The van der Waals surface area contributed by atoms with Crippen molar-refractivity contribution in [2.75, 3.05) is 32.0 Å². The molecule has 0 aliphatic rings. The van der Waals surface area contributed by atoms with E-state index in [-0.39, 0.29) is 11.6 Å². The number of nitrogens with one attached hydrogen (secondary N) is 3. The molecule has 10 nitrogen and oxygen atoms in total. The van der Waals surface area contributed by atoms with Gasteiger partial charge >= 0.3 is 5.97 Å². The average molecular weight is 750 g/mol. The van der Waals surface area contributed by atoms with Crippen LogP contribution < -0.4 is 25.4 Å². The van der Waals surface area contributed by atoms with Crippen molar-refractivity contribution in [3.05, 3.63) is 130 Å². The van der Waals surface area contributed by atoms with Crippen molar-refractivity contribution in [3.8, 4) is 22.6 Å². The first-order valence-corrected chi connectivity index (χ1v) is 18.4. The minimum atomic E-state index is -0.562. The summed E-state index contributed by atoms with van der Waals surface area (Å²) in [7, 11) is 4.35. The van der Waals surface area contributed by atoms with Crippen LogP contribution in [0.1, 0.15) is 45.2 Å². The molecule has 1 atom stereocenters. The normalized spacial score (nSPS) is 11.6. The average Bonchev–Trinajstić information content (AvgIpc) is 3.60. The Labute approximate surface area is 316 Å². The minimum absolute atomic E-state index is 0.00249. The number of benzene rings is 4. The lowest BCUT2D eigenvalue weighted by Gasteiger charge is -2.16. The van der Waals surface area contributed by atoms with Crippen molar-refractivity contribution < 1.29 is 33.4 Å². The molecule has 12 heteroatoms. The summed E-state index contributed by atoms with van der Waals surface area (Å²) in [6.45, 7) is 3.89. The van der Waals surface area contributed by atoms with Crippen molar-refractivity contribution in [2.45, 2.75) is 30.4 Å². The number of amides is 3. The van der Waals surface area contributed by atoms with Crippen molar-refractivity contribution >= 4 is 63.6 Å². The molecule has 1 heterocycles. The quantitative estimate of drug-likeness (QED) is 0.0586. The molecule has 53 heavy (non-hydrogen) atoms. The molecule has 0 aliphatic carbocycles. The molecule has 1 aromatic heterocycles. The summed E-state index contributed by atoms with van der Waals surface area (Å²) in [6, 6.07) is 28.6. The van der Waals surface area contributed by atoms with Gasteiger partial charge in [-0.3, -0.25) is 14.4 Å². The summed E-state index contributed by atoms with van der Waals surface area (Å²) in [4.78, 5) is 54.1. The number of anilines is 2. The van der Waals surface area contributed by atoms with Crippen molar-refractivity contribution in [2.24, 2.45) is 0 Å². The monoisotopic (exact) mass is 749 g/mol. The number of rotatable bonds is 14. The number of esters is 1. The second kappa shape index (κ2) is 18.1. The van der Waals surface area contributed by atoms with Gasteiger partial charge in [0.2, 0.25) is 5.91 Å². The number of methoxy groups -OCH3 is 3. The van der Waals surface area contributed by atoms with E-state index in [4.69, 9.17) is 14.2 Å². The third-order valence-electron chi connectivity index (χ3n) is 8.06. The Balaban J connectivity index is 1.34.